The van der Waals surface area contributed by atoms with Crippen LogP contribution in [0.25, 0.3) is 0 Å². The number of rotatable bonds is 14. The summed E-state index contributed by atoms with van der Waals surface area (Å²) in [5.41, 5.74) is 6.98. The molecule has 0 aliphatic carbocycles. The van der Waals surface area contributed by atoms with Crippen LogP contribution in [0.15, 0.2) is 72.0 Å². The quantitative estimate of drug-likeness (QED) is 0.191. The van der Waals surface area contributed by atoms with Gasteiger partial charge in [0.2, 0.25) is 0 Å². The second kappa shape index (κ2) is 14.6. The molecule has 36 heavy (non-hydrogen) atoms. The van der Waals surface area contributed by atoms with E-state index in [4.69, 9.17) is 18.6 Å². The van der Waals surface area contributed by atoms with Crippen LogP contribution in [0.4, 0.5) is 0 Å². The molecule has 0 spiro atoms. The molecule has 5 heteroatoms. The number of hydrogen-bond donors (Lipinski definition) is 0. The number of methoxy groups -OCH3 is 1. The van der Waals surface area contributed by atoms with Crippen molar-refractivity contribution >= 4 is 8.32 Å². The van der Waals surface area contributed by atoms with E-state index in [1.807, 2.05) is 48.5 Å². The molecule has 0 heterocycles. The zero-order valence-electron chi connectivity index (χ0n) is 23.6. The van der Waals surface area contributed by atoms with E-state index in [2.05, 4.69) is 65.6 Å². The molecule has 198 valence electrons. The molecule has 0 amide bonds. The smallest absolute Gasteiger partial charge is 0.192 e. The lowest BCUT2D eigenvalue weighted by molar-refractivity contribution is 0.0355. The minimum absolute atomic E-state index is 0.151. The van der Waals surface area contributed by atoms with Crippen molar-refractivity contribution in [2.24, 2.45) is 5.92 Å². The van der Waals surface area contributed by atoms with E-state index in [-0.39, 0.29) is 11.1 Å². The monoisotopic (exact) mass is 510 g/mol. The summed E-state index contributed by atoms with van der Waals surface area (Å²) in [6, 6.07) is 18.3. The van der Waals surface area contributed by atoms with E-state index in [1.165, 1.54) is 11.1 Å². The SMILES string of the molecule is COc1ccc(CO[C@H](C=C=C(C)C[C@@H](C)COCc2ccccc2)CO[Si](C)(C)C(C)(C)C)cc1. The van der Waals surface area contributed by atoms with E-state index in [9.17, 15) is 0 Å². The summed E-state index contributed by atoms with van der Waals surface area (Å²) in [6.45, 7) is 18.1. The van der Waals surface area contributed by atoms with Crippen molar-refractivity contribution in [1.29, 1.82) is 0 Å². The highest BCUT2D eigenvalue weighted by atomic mass is 28.4. The molecule has 2 aromatic rings. The maximum absolute atomic E-state index is 6.48. The van der Waals surface area contributed by atoms with Gasteiger partial charge in [0.05, 0.1) is 26.9 Å². The zero-order valence-corrected chi connectivity index (χ0v) is 24.6. The Kier molecular flexibility index (Phi) is 12.2. The van der Waals surface area contributed by atoms with Crippen LogP contribution >= 0.6 is 0 Å². The largest absolute Gasteiger partial charge is 0.497 e. The Bertz CT molecular complexity index is 954. The summed E-state index contributed by atoms with van der Waals surface area (Å²) >= 11 is 0. The third-order valence-electron chi connectivity index (χ3n) is 6.72. The van der Waals surface area contributed by atoms with Crippen molar-refractivity contribution in [1.82, 2.24) is 0 Å². The third kappa shape index (κ3) is 10.9. The predicted molar refractivity (Wildman–Crippen MR) is 152 cm³/mol. The minimum atomic E-state index is -1.88. The summed E-state index contributed by atoms with van der Waals surface area (Å²) in [6.07, 6.45) is 2.80. The van der Waals surface area contributed by atoms with Gasteiger partial charge in [-0.05, 0) is 72.3 Å². The first kappa shape index (κ1) is 30.1. The van der Waals surface area contributed by atoms with E-state index < -0.39 is 8.32 Å². The van der Waals surface area contributed by atoms with Gasteiger partial charge >= 0.3 is 0 Å². The average Bonchev–Trinajstić information content (AvgIpc) is 2.83. The topological polar surface area (TPSA) is 36.9 Å². The van der Waals surface area contributed by atoms with E-state index in [0.29, 0.717) is 25.7 Å². The summed E-state index contributed by atoms with van der Waals surface area (Å²) < 4.78 is 23.9. The lowest BCUT2D eigenvalue weighted by Gasteiger charge is -2.36. The van der Waals surface area contributed by atoms with Crippen LogP contribution in [-0.2, 0) is 27.1 Å². The van der Waals surface area contributed by atoms with Gasteiger partial charge in [-0.25, -0.2) is 0 Å². The Hall–Kier alpha value is -2.14. The predicted octanol–water partition coefficient (Wildman–Crippen LogP) is 7.95. The molecule has 2 rings (SSSR count). The molecule has 0 bridgehead atoms. The van der Waals surface area contributed by atoms with Gasteiger partial charge in [-0.1, -0.05) is 70.2 Å². The molecule has 0 N–H and O–H groups in total. The Balaban J connectivity index is 1.98. The number of hydrogen-bond acceptors (Lipinski definition) is 4. The Morgan fingerprint density at radius 2 is 1.58 bits per heavy atom. The second-order valence-corrected chi connectivity index (χ2v) is 16.0. The molecule has 0 unspecified atom stereocenters. The van der Waals surface area contributed by atoms with Crippen LogP contribution in [0, 0.1) is 5.92 Å². The van der Waals surface area contributed by atoms with Gasteiger partial charge in [-0.3, -0.25) is 0 Å². The first-order valence-electron chi connectivity index (χ1n) is 12.9. The highest BCUT2D eigenvalue weighted by Gasteiger charge is 2.37. The first-order chi connectivity index (χ1) is 17.0. The lowest BCUT2D eigenvalue weighted by atomic mass is 10.0. The van der Waals surface area contributed by atoms with Crippen LogP contribution in [0.1, 0.15) is 52.2 Å². The van der Waals surface area contributed by atoms with Crippen molar-refractivity contribution in [2.75, 3.05) is 20.3 Å². The first-order valence-corrected chi connectivity index (χ1v) is 15.8. The average molecular weight is 511 g/mol. The minimum Gasteiger partial charge on any atom is -0.497 e. The lowest BCUT2D eigenvalue weighted by Crippen LogP contribution is -2.42. The molecule has 0 aliphatic rings. The van der Waals surface area contributed by atoms with Gasteiger partial charge in [0.25, 0.3) is 0 Å². The Morgan fingerprint density at radius 3 is 2.19 bits per heavy atom. The standard InChI is InChI=1S/C31H46O4Si/c1-25(20-26(2)21-33-22-27-12-10-9-11-13-27)14-17-30(24-35-36(7,8)31(3,4)5)34-23-28-15-18-29(32-6)19-16-28/h9-13,15-19,26,30H,20-24H2,1-8H3/t14?,26-,30-/m1/s1. The van der Waals surface area contributed by atoms with Crippen molar-refractivity contribution in [3.8, 4) is 5.75 Å². The van der Waals surface area contributed by atoms with Gasteiger partial charge in [0, 0.05) is 6.61 Å². The Morgan fingerprint density at radius 1 is 0.944 bits per heavy atom. The fourth-order valence-electron chi connectivity index (χ4n) is 3.40. The molecule has 0 aromatic heterocycles. The molecule has 0 saturated carbocycles. The van der Waals surface area contributed by atoms with Gasteiger partial charge in [-0.15, -0.1) is 5.73 Å². The normalized spacial score (nSPS) is 13.6. The van der Waals surface area contributed by atoms with Gasteiger partial charge < -0.3 is 18.6 Å². The molecule has 2 atom stereocenters. The van der Waals surface area contributed by atoms with E-state index >= 15 is 0 Å². The molecule has 0 aliphatic heterocycles. The molecule has 0 fully saturated rings. The molecular formula is C31H46O4Si. The second-order valence-electron chi connectivity index (χ2n) is 11.2. The van der Waals surface area contributed by atoms with Crippen LogP contribution < -0.4 is 4.74 Å². The van der Waals surface area contributed by atoms with Crippen molar-refractivity contribution in [3.63, 3.8) is 0 Å². The molecule has 4 nitrogen and oxygen atoms in total. The number of ether oxygens (including phenoxy) is 3. The summed E-state index contributed by atoms with van der Waals surface area (Å²) in [4.78, 5) is 0. The van der Waals surface area contributed by atoms with Crippen molar-refractivity contribution in [2.45, 2.75) is 78.5 Å². The zero-order chi connectivity index (χ0) is 26.6. The Labute approximate surface area is 220 Å². The fraction of sp³-hybridized carbons (Fsp3) is 0.516. The van der Waals surface area contributed by atoms with Crippen LogP contribution in [0.2, 0.25) is 18.1 Å². The van der Waals surface area contributed by atoms with Crippen molar-refractivity contribution in [3.05, 3.63) is 83.1 Å². The van der Waals surface area contributed by atoms with Crippen LogP contribution in [-0.4, -0.2) is 34.7 Å². The molecule has 0 radical (unpaired) electrons. The van der Waals surface area contributed by atoms with E-state index in [0.717, 1.165) is 24.3 Å². The third-order valence-corrected chi connectivity index (χ3v) is 11.2. The van der Waals surface area contributed by atoms with Gasteiger partial charge in [0.1, 0.15) is 11.9 Å². The highest BCUT2D eigenvalue weighted by Crippen LogP contribution is 2.36. The fourth-order valence-corrected chi connectivity index (χ4v) is 4.42. The van der Waals surface area contributed by atoms with Crippen LogP contribution in [0.3, 0.4) is 0 Å². The highest BCUT2D eigenvalue weighted by molar-refractivity contribution is 6.74. The van der Waals surface area contributed by atoms with Gasteiger partial charge in [-0.2, -0.15) is 0 Å². The van der Waals surface area contributed by atoms with Gasteiger partial charge in [0.15, 0.2) is 8.32 Å². The molecule has 2 aromatic carbocycles. The summed E-state index contributed by atoms with van der Waals surface area (Å²) in [5.74, 6) is 1.26. The molecular weight excluding hydrogens is 464 g/mol. The summed E-state index contributed by atoms with van der Waals surface area (Å²) in [5, 5.41) is 0.151. The molecule has 0 saturated heterocycles. The maximum Gasteiger partial charge on any atom is 0.192 e. The number of benzene rings is 2. The van der Waals surface area contributed by atoms with Crippen LogP contribution in [0.5, 0.6) is 5.75 Å². The maximum atomic E-state index is 6.48. The summed E-state index contributed by atoms with van der Waals surface area (Å²) in [7, 11) is -0.205. The van der Waals surface area contributed by atoms with Crippen molar-refractivity contribution < 1.29 is 18.6 Å². The van der Waals surface area contributed by atoms with E-state index in [1.54, 1.807) is 7.11 Å².